The Bertz CT molecular complexity index is 781. The van der Waals surface area contributed by atoms with Gasteiger partial charge in [-0.05, 0) is 59.0 Å². The first kappa shape index (κ1) is 15.9. The summed E-state index contributed by atoms with van der Waals surface area (Å²) in [7, 11) is 0. The Balaban J connectivity index is 2.22. The molecule has 0 aliphatic rings. The molecule has 3 rings (SSSR count). The normalized spacial score (nSPS) is 11.0. The zero-order valence-electron chi connectivity index (χ0n) is 14.1. The molecule has 0 atom stereocenters. The van der Waals surface area contributed by atoms with E-state index in [-0.39, 0.29) is 0 Å². The van der Waals surface area contributed by atoms with E-state index >= 15 is 0 Å². The maximum Gasteiger partial charge on any atom is 0.0473 e. The molecule has 0 spiro atoms. The number of anilines is 3. The molecule has 0 saturated carbocycles. The summed E-state index contributed by atoms with van der Waals surface area (Å²) in [5.41, 5.74) is 25.9. The van der Waals surface area contributed by atoms with Gasteiger partial charge in [-0.15, -0.1) is 0 Å². The van der Waals surface area contributed by atoms with Crippen molar-refractivity contribution < 1.29 is 0 Å². The van der Waals surface area contributed by atoms with Crippen LogP contribution >= 0.6 is 0 Å². The van der Waals surface area contributed by atoms with Gasteiger partial charge in [0.05, 0.1) is 0 Å². The van der Waals surface area contributed by atoms with Crippen molar-refractivity contribution in [1.29, 1.82) is 0 Å². The number of hydrogen-bond donors (Lipinski definition) is 3. The third-order valence-corrected chi connectivity index (χ3v) is 4.31. The van der Waals surface area contributed by atoms with Crippen LogP contribution in [0.25, 0.3) is 22.3 Å². The van der Waals surface area contributed by atoms with Crippen LogP contribution in [0.2, 0.25) is 0 Å². The number of nitrogens with two attached hydrogens (primary N) is 3. The highest BCUT2D eigenvalue weighted by Crippen LogP contribution is 2.38. The van der Waals surface area contributed by atoms with Gasteiger partial charge in [0.15, 0.2) is 0 Å². The molecule has 3 heteroatoms. The lowest BCUT2D eigenvalue weighted by atomic mass is 9.90. The second-order valence-corrected chi connectivity index (χ2v) is 6.43. The monoisotopic (exact) mass is 317 g/mol. The Labute approximate surface area is 143 Å². The van der Waals surface area contributed by atoms with Crippen LogP contribution in [-0.4, -0.2) is 0 Å². The van der Waals surface area contributed by atoms with Gasteiger partial charge in [0.25, 0.3) is 0 Å². The molecule has 0 aliphatic heterocycles. The summed E-state index contributed by atoms with van der Waals surface area (Å²) >= 11 is 0. The third-order valence-electron chi connectivity index (χ3n) is 4.31. The predicted octanol–water partition coefficient (Wildman–Crippen LogP) is 4.89. The van der Waals surface area contributed by atoms with E-state index in [2.05, 4.69) is 26.0 Å². The lowest BCUT2D eigenvalue weighted by Crippen LogP contribution is -1.99. The fourth-order valence-corrected chi connectivity index (χ4v) is 2.81. The maximum absolute atomic E-state index is 6.53. The molecule has 0 heterocycles. The Hall–Kier alpha value is -2.94. The first-order chi connectivity index (χ1) is 11.5. The molecule has 0 fully saturated rings. The van der Waals surface area contributed by atoms with Crippen LogP contribution in [0.15, 0.2) is 60.7 Å². The SMILES string of the molecule is CC(C)c1cc(-c2ccc(N)cc2)c(N)c(-c2ccc(N)cc2)c1. The van der Waals surface area contributed by atoms with Gasteiger partial charge in [-0.1, -0.05) is 38.1 Å². The maximum atomic E-state index is 6.53. The average Bonchev–Trinajstić information content (AvgIpc) is 2.57. The van der Waals surface area contributed by atoms with Crippen molar-refractivity contribution in [2.75, 3.05) is 17.2 Å². The molecule has 6 N–H and O–H groups in total. The van der Waals surface area contributed by atoms with Gasteiger partial charge in [0.2, 0.25) is 0 Å². The van der Waals surface area contributed by atoms with Crippen LogP contribution in [0.3, 0.4) is 0 Å². The van der Waals surface area contributed by atoms with Crippen LogP contribution in [0, 0.1) is 0 Å². The van der Waals surface area contributed by atoms with Crippen LogP contribution in [0.1, 0.15) is 25.3 Å². The van der Waals surface area contributed by atoms with Gasteiger partial charge in [-0.2, -0.15) is 0 Å². The molecule has 0 unspecified atom stereocenters. The zero-order valence-corrected chi connectivity index (χ0v) is 14.1. The van der Waals surface area contributed by atoms with Gasteiger partial charge in [0, 0.05) is 28.2 Å². The molecule has 3 nitrogen and oxygen atoms in total. The summed E-state index contributed by atoms with van der Waals surface area (Å²) in [5, 5.41) is 0. The number of hydrogen-bond acceptors (Lipinski definition) is 3. The fourth-order valence-electron chi connectivity index (χ4n) is 2.81. The minimum atomic E-state index is 0.408. The van der Waals surface area contributed by atoms with E-state index in [9.17, 15) is 0 Å². The Kier molecular flexibility index (Phi) is 4.17. The number of nitrogen functional groups attached to an aromatic ring is 3. The smallest absolute Gasteiger partial charge is 0.0473 e. The first-order valence-electron chi connectivity index (χ1n) is 8.11. The van der Waals surface area contributed by atoms with Gasteiger partial charge in [-0.25, -0.2) is 0 Å². The van der Waals surface area contributed by atoms with Gasteiger partial charge >= 0.3 is 0 Å². The zero-order chi connectivity index (χ0) is 17.3. The number of rotatable bonds is 3. The largest absolute Gasteiger partial charge is 0.399 e. The highest BCUT2D eigenvalue weighted by Gasteiger charge is 2.13. The Morgan fingerprint density at radius 2 is 1.00 bits per heavy atom. The fraction of sp³-hybridized carbons (Fsp3) is 0.143. The third kappa shape index (κ3) is 3.06. The lowest BCUT2D eigenvalue weighted by Gasteiger charge is -2.17. The summed E-state index contributed by atoms with van der Waals surface area (Å²) in [6.07, 6.45) is 0. The lowest BCUT2D eigenvalue weighted by molar-refractivity contribution is 0.868. The molecular formula is C21H23N3. The van der Waals surface area contributed by atoms with Crippen molar-refractivity contribution in [3.8, 4) is 22.3 Å². The highest BCUT2D eigenvalue weighted by atomic mass is 14.6. The van der Waals surface area contributed by atoms with Crippen LogP contribution in [0.5, 0.6) is 0 Å². The second-order valence-electron chi connectivity index (χ2n) is 6.43. The van der Waals surface area contributed by atoms with E-state index in [1.807, 2.05) is 48.5 Å². The van der Waals surface area contributed by atoms with Crippen molar-refractivity contribution in [3.63, 3.8) is 0 Å². The molecule has 0 aromatic heterocycles. The molecule has 24 heavy (non-hydrogen) atoms. The highest BCUT2D eigenvalue weighted by molar-refractivity contribution is 5.90. The quantitative estimate of drug-likeness (QED) is 0.602. The molecular weight excluding hydrogens is 294 g/mol. The van der Waals surface area contributed by atoms with Gasteiger partial charge < -0.3 is 17.2 Å². The Morgan fingerprint density at radius 1 is 0.625 bits per heavy atom. The van der Waals surface area contributed by atoms with E-state index in [1.54, 1.807) is 0 Å². The average molecular weight is 317 g/mol. The number of benzene rings is 3. The second kappa shape index (κ2) is 6.28. The molecule has 3 aromatic carbocycles. The van der Waals surface area contributed by atoms with Gasteiger partial charge in [-0.3, -0.25) is 0 Å². The minimum Gasteiger partial charge on any atom is -0.399 e. The molecule has 0 saturated heterocycles. The first-order valence-corrected chi connectivity index (χ1v) is 8.11. The van der Waals surface area contributed by atoms with Crippen LogP contribution in [0.4, 0.5) is 17.1 Å². The predicted molar refractivity (Wildman–Crippen MR) is 105 cm³/mol. The van der Waals surface area contributed by atoms with Gasteiger partial charge in [0.1, 0.15) is 0 Å². The van der Waals surface area contributed by atoms with Crippen molar-refractivity contribution in [2.45, 2.75) is 19.8 Å². The summed E-state index contributed by atoms with van der Waals surface area (Å²) in [4.78, 5) is 0. The van der Waals surface area contributed by atoms with E-state index < -0.39 is 0 Å². The van der Waals surface area contributed by atoms with E-state index in [4.69, 9.17) is 17.2 Å². The Morgan fingerprint density at radius 3 is 1.33 bits per heavy atom. The summed E-state index contributed by atoms with van der Waals surface area (Å²) in [6.45, 7) is 4.37. The topological polar surface area (TPSA) is 78.1 Å². The molecule has 0 bridgehead atoms. The summed E-state index contributed by atoms with van der Waals surface area (Å²) < 4.78 is 0. The minimum absolute atomic E-state index is 0.408. The van der Waals surface area contributed by atoms with E-state index in [1.165, 1.54) is 5.56 Å². The standard InChI is InChI=1S/C21H23N3/c1-13(2)16-11-19(14-3-7-17(22)8-4-14)21(24)20(12-16)15-5-9-18(23)10-6-15/h3-13H,22-24H2,1-2H3. The molecule has 0 amide bonds. The van der Waals surface area contributed by atoms with Crippen molar-refractivity contribution >= 4 is 17.1 Å². The van der Waals surface area contributed by atoms with Crippen molar-refractivity contribution in [3.05, 3.63) is 66.2 Å². The molecule has 122 valence electrons. The van der Waals surface area contributed by atoms with Crippen LogP contribution < -0.4 is 17.2 Å². The molecule has 0 aliphatic carbocycles. The van der Waals surface area contributed by atoms with E-state index in [0.29, 0.717) is 5.92 Å². The summed E-state index contributed by atoms with van der Waals surface area (Å²) in [6, 6.07) is 20.0. The summed E-state index contributed by atoms with van der Waals surface area (Å²) in [5.74, 6) is 0.408. The van der Waals surface area contributed by atoms with Crippen LogP contribution in [-0.2, 0) is 0 Å². The van der Waals surface area contributed by atoms with E-state index in [0.717, 1.165) is 39.3 Å². The van der Waals surface area contributed by atoms with Crippen molar-refractivity contribution in [2.24, 2.45) is 0 Å². The van der Waals surface area contributed by atoms with Crippen molar-refractivity contribution in [1.82, 2.24) is 0 Å². The molecule has 3 aromatic rings. The molecule has 0 radical (unpaired) electrons.